The monoisotopic (exact) mass is 353 g/mol. The molecule has 4 rings (SSSR count). The average molecular weight is 354 g/mol. The average Bonchev–Trinajstić information content (AvgIpc) is 3.00. The van der Waals surface area contributed by atoms with Crippen LogP contribution in [0.2, 0.25) is 0 Å². The Labute approximate surface area is 150 Å². The van der Waals surface area contributed by atoms with E-state index in [0.717, 1.165) is 12.0 Å². The van der Waals surface area contributed by atoms with E-state index < -0.39 is 11.5 Å². The van der Waals surface area contributed by atoms with Crippen molar-refractivity contribution >= 4 is 23.4 Å². The van der Waals surface area contributed by atoms with E-state index >= 15 is 0 Å². The summed E-state index contributed by atoms with van der Waals surface area (Å²) in [6.45, 7) is 0. The van der Waals surface area contributed by atoms with Crippen LogP contribution in [0.1, 0.15) is 23.2 Å². The number of nitrogens with one attached hydrogen (secondary N) is 1. The number of esters is 1. The smallest absolute Gasteiger partial charge is 0.339 e. The van der Waals surface area contributed by atoms with E-state index in [1.807, 2.05) is 36.4 Å². The summed E-state index contributed by atoms with van der Waals surface area (Å²) in [5.74, 6) is 0.0768. The number of pyridine rings is 1. The Bertz CT molecular complexity index is 908. The summed E-state index contributed by atoms with van der Waals surface area (Å²) >= 11 is 6.50. The molecule has 1 aromatic carbocycles. The number of benzene rings is 1. The molecule has 2 aromatic rings. The van der Waals surface area contributed by atoms with Crippen molar-refractivity contribution in [1.29, 1.82) is 0 Å². The summed E-state index contributed by atoms with van der Waals surface area (Å²) in [6, 6.07) is 13.6. The lowest BCUT2D eigenvalue weighted by molar-refractivity contribution is -0.137. The first-order valence-electron chi connectivity index (χ1n) is 8.01. The highest BCUT2D eigenvalue weighted by Gasteiger charge is 2.49. The number of hydrogen-bond acceptors (Lipinski definition) is 5. The van der Waals surface area contributed by atoms with Crippen LogP contribution in [0.3, 0.4) is 0 Å². The minimum Gasteiger partial charge on any atom is -0.465 e. The maximum Gasteiger partial charge on any atom is 0.339 e. The minimum absolute atomic E-state index is 0.235. The zero-order valence-corrected chi connectivity index (χ0v) is 14.4. The molecule has 0 fully saturated rings. The van der Waals surface area contributed by atoms with Gasteiger partial charge in [-0.2, -0.15) is 0 Å². The molecule has 126 valence electrons. The quantitative estimate of drug-likeness (QED) is 0.666. The topological polar surface area (TPSA) is 63.6 Å². The van der Waals surface area contributed by atoms with Gasteiger partial charge in [-0.15, -0.1) is 0 Å². The summed E-state index contributed by atoms with van der Waals surface area (Å²) in [7, 11) is 1.35. The fourth-order valence-electron chi connectivity index (χ4n) is 3.58. The number of aliphatic imine (C=N–C) groups is 1. The fourth-order valence-corrected chi connectivity index (χ4v) is 3.90. The molecular weight excluding hydrogens is 338 g/mol. The van der Waals surface area contributed by atoms with Gasteiger partial charge in [-0.1, -0.05) is 41.9 Å². The SMILES string of the molecule is COC(=O)C1=C(Cl)NC(c2ccccn2)=NC12CCc1ccccc12. The van der Waals surface area contributed by atoms with Crippen LogP contribution in [0.15, 0.2) is 64.4 Å². The van der Waals surface area contributed by atoms with Gasteiger partial charge in [0.25, 0.3) is 0 Å². The van der Waals surface area contributed by atoms with Gasteiger partial charge in [0, 0.05) is 6.20 Å². The molecule has 0 saturated heterocycles. The molecule has 25 heavy (non-hydrogen) atoms. The van der Waals surface area contributed by atoms with Gasteiger partial charge in [0.2, 0.25) is 0 Å². The summed E-state index contributed by atoms with van der Waals surface area (Å²) in [5, 5.41) is 3.25. The Morgan fingerprint density at radius 2 is 2.04 bits per heavy atom. The van der Waals surface area contributed by atoms with E-state index in [4.69, 9.17) is 21.3 Å². The predicted octanol–water partition coefficient (Wildman–Crippen LogP) is 2.90. The molecule has 0 amide bonds. The zero-order valence-electron chi connectivity index (χ0n) is 13.6. The van der Waals surface area contributed by atoms with Crippen molar-refractivity contribution in [2.24, 2.45) is 4.99 Å². The van der Waals surface area contributed by atoms with E-state index in [-0.39, 0.29) is 5.16 Å². The van der Waals surface area contributed by atoms with E-state index in [9.17, 15) is 4.79 Å². The van der Waals surface area contributed by atoms with Crippen molar-refractivity contribution in [2.45, 2.75) is 18.4 Å². The zero-order chi connectivity index (χ0) is 17.4. The second-order valence-electron chi connectivity index (χ2n) is 6.00. The number of hydrogen-bond donors (Lipinski definition) is 1. The molecule has 1 aromatic heterocycles. The number of ether oxygens (including phenoxy) is 1. The molecule has 2 aliphatic rings. The first-order valence-corrected chi connectivity index (χ1v) is 8.39. The first-order chi connectivity index (χ1) is 12.2. The molecule has 1 unspecified atom stereocenters. The molecule has 1 N–H and O–H groups in total. The lowest BCUT2D eigenvalue weighted by atomic mass is 9.83. The van der Waals surface area contributed by atoms with Crippen LogP contribution < -0.4 is 5.32 Å². The van der Waals surface area contributed by atoms with Crippen LogP contribution in [0.4, 0.5) is 0 Å². The highest BCUT2D eigenvalue weighted by atomic mass is 35.5. The van der Waals surface area contributed by atoms with E-state index in [2.05, 4.69) is 16.4 Å². The van der Waals surface area contributed by atoms with Crippen LogP contribution in [0.25, 0.3) is 0 Å². The number of fused-ring (bicyclic) bond motifs is 2. The van der Waals surface area contributed by atoms with Crippen LogP contribution in [-0.2, 0) is 21.5 Å². The number of aromatic nitrogens is 1. The van der Waals surface area contributed by atoms with Crippen molar-refractivity contribution in [3.63, 3.8) is 0 Å². The molecule has 2 heterocycles. The number of aryl methyl sites for hydroxylation is 1. The number of carbonyl (C=O) groups is 1. The molecule has 0 radical (unpaired) electrons. The van der Waals surface area contributed by atoms with Gasteiger partial charge in [0.1, 0.15) is 22.0 Å². The van der Waals surface area contributed by atoms with Gasteiger partial charge in [-0.25, -0.2) is 9.79 Å². The van der Waals surface area contributed by atoms with Crippen molar-refractivity contribution in [2.75, 3.05) is 7.11 Å². The van der Waals surface area contributed by atoms with Crippen molar-refractivity contribution in [1.82, 2.24) is 10.3 Å². The van der Waals surface area contributed by atoms with Crippen molar-refractivity contribution in [3.05, 3.63) is 76.2 Å². The predicted molar refractivity (Wildman–Crippen MR) is 95.2 cm³/mol. The van der Waals surface area contributed by atoms with Crippen LogP contribution in [-0.4, -0.2) is 23.9 Å². The summed E-state index contributed by atoms with van der Waals surface area (Å²) < 4.78 is 5.00. The minimum atomic E-state index is -0.848. The summed E-state index contributed by atoms with van der Waals surface area (Å²) in [5.41, 5.74) is 2.33. The summed E-state index contributed by atoms with van der Waals surface area (Å²) in [4.78, 5) is 21.8. The number of rotatable bonds is 2. The van der Waals surface area contributed by atoms with Gasteiger partial charge in [-0.05, 0) is 36.1 Å². The normalized spacial score (nSPS) is 21.6. The lowest BCUT2D eigenvalue weighted by Gasteiger charge is -2.33. The standard InChI is InChI=1S/C19H16ClN3O2/c1-25-18(24)15-16(20)22-17(14-8-4-5-11-21-14)23-19(15)10-9-12-6-2-3-7-13(12)19/h2-8,11H,9-10H2,1H3,(H,22,23). The largest absolute Gasteiger partial charge is 0.465 e. The number of methoxy groups -OCH3 is 1. The Hall–Kier alpha value is -2.66. The van der Waals surface area contributed by atoms with Gasteiger partial charge in [0.15, 0.2) is 5.84 Å². The Balaban J connectivity index is 1.94. The number of amidine groups is 1. The first kappa shape index (κ1) is 15.8. The second-order valence-corrected chi connectivity index (χ2v) is 6.38. The third-order valence-electron chi connectivity index (χ3n) is 4.68. The van der Waals surface area contributed by atoms with E-state index in [1.165, 1.54) is 12.7 Å². The van der Waals surface area contributed by atoms with E-state index in [0.29, 0.717) is 23.5 Å². The molecule has 1 atom stereocenters. The van der Waals surface area contributed by atoms with Crippen LogP contribution in [0, 0.1) is 0 Å². The molecular formula is C19H16ClN3O2. The highest BCUT2D eigenvalue weighted by molar-refractivity contribution is 6.33. The Morgan fingerprint density at radius 3 is 2.80 bits per heavy atom. The molecule has 6 heteroatoms. The Kier molecular flexibility index (Phi) is 3.81. The number of carbonyl (C=O) groups excluding carboxylic acids is 1. The molecule has 0 saturated carbocycles. The maximum atomic E-state index is 12.5. The highest BCUT2D eigenvalue weighted by Crippen LogP contribution is 2.48. The fraction of sp³-hybridized carbons (Fsp3) is 0.211. The molecule has 1 aliphatic heterocycles. The van der Waals surface area contributed by atoms with Gasteiger partial charge in [0.05, 0.1) is 7.11 Å². The van der Waals surface area contributed by atoms with Crippen LogP contribution in [0.5, 0.6) is 0 Å². The third kappa shape index (κ3) is 2.43. The van der Waals surface area contributed by atoms with Crippen LogP contribution >= 0.6 is 11.6 Å². The number of halogens is 1. The molecule has 5 nitrogen and oxygen atoms in total. The van der Waals surface area contributed by atoms with Crippen molar-refractivity contribution < 1.29 is 9.53 Å². The van der Waals surface area contributed by atoms with Gasteiger partial charge in [-0.3, -0.25) is 4.98 Å². The Morgan fingerprint density at radius 1 is 1.24 bits per heavy atom. The summed E-state index contributed by atoms with van der Waals surface area (Å²) in [6.07, 6.45) is 3.17. The maximum absolute atomic E-state index is 12.5. The second kappa shape index (κ2) is 6.01. The third-order valence-corrected chi connectivity index (χ3v) is 4.96. The van der Waals surface area contributed by atoms with Gasteiger partial charge < -0.3 is 10.1 Å². The molecule has 0 bridgehead atoms. The van der Waals surface area contributed by atoms with Gasteiger partial charge >= 0.3 is 5.97 Å². The number of nitrogens with zero attached hydrogens (tertiary/aromatic N) is 2. The molecule has 1 spiro atoms. The lowest BCUT2D eigenvalue weighted by Crippen LogP contribution is -2.41. The van der Waals surface area contributed by atoms with E-state index in [1.54, 1.807) is 6.20 Å². The van der Waals surface area contributed by atoms with Crippen molar-refractivity contribution in [3.8, 4) is 0 Å². The molecule has 1 aliphatic carbocycles.